The second kappa shape index (κ2) is 4.91. The molecule has 0 aliphatic rings. The van der Waals surface area contributed by atoms with Crippen LogP contribution in [0.25, 0.3) is 0 Å². The van der Waals surface area contributed by atoms with Gasteiger partial charge in [0.15, 0.2) is 5.78 Å². The van der Waals surface area contributed by atoms with Gasteiger partial charge in [0.05, 0.1) is 12.1 Å². The number of hydrogen-bond acceptors (Lipinski definition) is 2. The normalized spacial score (nSPS) is 10.1. The highest BCUT2D eigenvalue weighted by atomic mass is 16.1. The Balaban J connectivity index is 2.80. The summed E-state index contributed by atoms with van der Waals surface area (Å²) in [5, 5.41) is 4.31. The van der Waals surface area contributed by atoms with E-state index in [4.69, 9.17) is 0 Å². The molecule has 0 saturated heterocycles. The van der Waals surface area contributed by atoms with E-state index >= 15 is 0 Å². The molecule has 0 atom stereocenters. The van der Waals surface area contributed by atoms with Crippen LogP contribution in [-0.4, -0.2) is 15.6 Å². The molecule has 1 heterocycles. The van der Waals surface area contributed by atoms with Crippen molar-refractivity contribution >= 4 is 5.78 Å². The fourth-order valence-electron chi connectivity index (χ4n) is 1.57. The van der Waals surface area contributed by atoms with E-state index in [1.807, 2.05) is 38.4 Å². The Morgan fingerprint density at radius 3 is 2.73 bits per heavy atom. The molecular formula is C12H18N2O. The molecule has 0 unspecified atom stereocenters. The van der Waals surface area contributed by atoms with Crippen molar-refractivity contribution in [2.75, 3.05) is 0 Å². The van der Waals surface area contributed by atoms with Crippen molar-refractivity contribution < 1.29 is 4.79 Å². The van der Waals surface area contributed by atoms with Crippen molar-refractivity contribution in [2.45, 2.75) is 40.7 Å². The SMILES string of the molecule is CCn1nc(C)cc1CC(=O)C=C(C)C. The lowest BCUT2D eigenvalue weighted by Gasteiger charge is -2.01. The molecule has 0 aromatic carbocycles. The van der Waals surface area contributed by atoms with E-state index in [0.29, 0.717) is 6.42 Å². The molecule has 82 valence electrons. The van der Waals surface area contributed by atoms with Crippen LogP contribution in [0.15, 0.2) is 17.7 Å². The van der Waals surface area contributed by atoms with E-state index in [0.717, 1.165) is 23.5 Å². The van der Waals surface area contributed by atoms with Gasteiger partial charge >= 0.3 is 0 Å². The van der Waals surface area contributed by atoms with Gasteiger partial charge in [0.2, 0.25) is 0 Å². The summed E-state index contributed by atoms with van der Waals surface area (Å²) >= 11 is 0. The van der Waals surface area contributed by atoms with Gasteiger partial charge in [-0.2, -0.15) is 5.10 Å². The zero-order chi connectivity index (χ0) is 11.4. The molecule has 3 heteroatoms. The quantitative estimate of drug-likeness (QED) is 0.708. The van der Waals surface area contributed by atoms with E-state index in [2.05, 4.69) is 5.10 Å². The first-order valence-electron chi connectivity index (χ1n) is 5.24. The predicted molar refractivity (Wildman–Crippen MR) is 60.8 cm³/mol. The van der Waals surface area contributed by atoms with Crippen LogP contribution in [0.3, 0.4) is 0 Å². The number of hydrogen-bond donors (Lipinski definition) is 0. The highest BCUT2D eigenvalue weighted by Gasteiger charge is 2.07. The minimum Gasteiger partial charge on any atom is -0.294 e. The van der Waals surface area contributed by atoms with Gasteiger partial charge in [0.25, 0.3) is 0 Å². The Kier molecular flexibility index (Phi) is 3.83. The summed E-state index contributed by atoms with van der Waals surface area (Å²) < 4.78 is 1.88. The first-order valence-corrected chi connectivity index (χ1v) is 5.24. The molecule has 0 saturated carbocycles. The molecule has 1 aromatic heterocycles. The summed E-state index contributed by atoms with van der Waals surface area (Å²) in [6.45, 7) is 8.65. The van der Waals surface area contributed by atoms with Crippen LogP contribution in [0.4, 0.5) is 0 Å². The van der Waals surface area contributed by atoms with Crippen molar-refractivity contribution in [1.29, 1.82) is 0 Å². The Hall–Kier alpha value is -1.38. The first kappa shape index (κ1) is 11.7. The average molecular weight is 206 g/mol. The van der Waals surface area contributed by atoms with Crippen LogP contribution < -0.4 is 0 Å². The van der Waals surface area contributed by atoms with E-state index in [1.165, 1.54) is 0 Å². The summed E-state index contributed by atoms with van der Waals surface area (Å²) in [5.41, 5.74) is 3.01. The molecule has 1 rings (SSSR count). The zero-order valence-corrected chi connectivity index (χ0v) is 9.87. The third-order valence-corrected chi connectivity index (χ3v) is 2.09. The summed E-state index contributed by atoms with van der Waals surface area (Å²) in [4.78, 5) is 11.6. The van der Waals surface area contributed by atoms with Gasteiger partial charge in [-0.05, 0) is 39.8 Å². The Labute approximate surface area is 90.8 Å². The van der Waals surface area contributed by atoms with Crippen LogP contribution >= 0.6 is 0 Å². The van der Waals surface area contributed by atoms with Crippen LogP contribution in [0.1, 0.15) is 32.2 Å². The van der Waals surface area contributed by atoms with Crippen LogP contribution in [0.5, 0.6) is 0 Å². The van der Waals surface area contributed by atoms with Gasteiger partial charge in [-0.15, -0.1) is 0 Å². The van der Waals surface area contributed by atoms with E-state index in [-0.39, 0.29) is 5.78 Å². The highest BCUT2D eigenvalue weighted by molar-refractivity contribution is 5.91. The zero-order valence-electron chi connectivity index (χ0n) is 9.87. The lowest BCUT2D eigenvalue weighted by atomic mass is 10.1. The predicted octanol–water partition coefficient (Wildman–Crippen LogP) is 2.29. The van der Waals surface area contributed by atoms with Gasteiger partial charge in [-0.25, -0.2) is 0 Å². The number of aryl methyl sites for hydroxylation is 2. The molecule has 0 bridgehead atoms. The van der Waals surface area contributed by atoms with Crippen molar-refractivity contribution in [3.8, 4) is 0 Å². The first-order chi connectivity index (χ1) is 7.02. The Bertz CT molecular complexity index is 384. The van der Waals surface area contributed by atoms with E-state index in [1.54, 1.807) is 6.08 Å². The monoisotopic (exact) mass is 206 g/mol. The Morgan fingerprint density at radius 2 is 2.20 bits per heavy atom. The maximum Gasteiger partial charge on any atom is 0.161 e. The van der Waals surface area contributed by atoms with Crippen LogP contribution in [0, 0.1) is 6.92 Å². The average Bonchev–Trinajstić information content (AvgIpc) is 2.44. The number of carbonyl (C=O) groups is 1. The number of nitrogens with zero attached hydrogens (tertiary/aromatic N) is 2. The fraction of sp³-hybridized carbons (Fsp3) is 0.500. The highest BCUT2D eigenvalue weighted by Crippen LogP contribution is 2.06. The van der Waals surface area contributed by atoms with Crippen LogP contribution in [-0.2, 0) is 17.8 Å². The molecule has 0 radical (unpaired) electrons. The molecule has 0 N–H and O–H groups in total. The third kappa shape index (κ3) is 3.35. The van der Waals surface area contributed by atoms with Gasteiger partial charge in [0, 0.05) is 12.2 Å². The molecule has 0 amide bonds. The van der Waals surface area contributed by atoms with E-state index in [9.17, 15) is 4.79 Å². The fourth-order valence-corrected chi connectivity index (χ4v) is 1.57. The summed E-state index contributed by atoms with van der Waals surface area (Å²) in [6, 6.07) is 1.97. The largest absolute Gasteiger partial charge is 0.294 e. The van der Waals surface area contributed by atoms with Gasteiger partial charge < -0.3 is 0 Å². The second-order valence-electron chi connectivity index (χ2n) is 3.96. The minimum atomic E-state index is 0.143. The van der Waals surface area contributed by atoms with Crippen molar-refractivity contribution in [2.24, 2.45) is 0 Å². The second-order valence-corrected chi connectivity index (χ2v) is 3.96. The minimum absolute atomic E-state index is 0.143. The van der Waals surface area contributed by atoms with Crippen molar-refractivity contribution in [3.05, 3.63) is 29.1 Å². The number of allylic oxidation sites excluding steroid dienone is 2. The molecule has 15 heavy (non-hydrogen) atoms. The number of carbonyl (C=O) groups excluding carboxylic acids is 1. The molecule has 3 nitrogen and oxygen atoms in total. The molecule has 0 aliphatic carbocycles. The summed E-state index contributed by atoms with van der Waals surface area (Å²) in [5.74, 6) is 0.143. The van der Waals surface area contributed by atoms with Crippen molar-refractivity contribution in [1.82, 2.24) is 9.78 Å². The molecule has 0 fully saturated rings. The van der Waals surface area contributed by atoms with Crippen LogP contribution in [0.2, 0.25) is 0 Å². The standard InChI is InChI=1S/C12H18N2O/c1-5-14-11(7-10(4)13-14)8-12(15)6-9(2)3/h6-7H,5,8H2,1-4H3. The molecular weight excluding hydrogens is 188 g/mol. The Morgan fingerprint density at radius 1 is 1.53 bits per heavy atom. The summed E-state index contributed by atoms with van der Waals surface area (Å²) in [6.07, 6.45) is 2.13. The smallest absolute Gasteiger partial charge is 0.161 e. The molecule has 0 spiro atoms. The maximum atomic E-state index is 11.6. The van der Waals surface area contributed by atoms with Gasteiger partial charge in [-0.1, -0.05) is 5.57 Å². The number of aromatic nitrogens is 2. The van der Waals surface area contributed by atoms with Gasteiger partial charge in [-0.3, -0.25) is 9.48 Å². The lowest BCUT2D eigenvalue weighted by molar-refractivity contribution is -0.114. The third-order valence-electron chi connectivity index (χ3n) is 2.09. The lowest BCUT2D eigenvalue weighted by Crippen LogP contribution is -2.07. The van der Waals surface area contributed by atoms with Gasteiger partial charge in [0.1, 0.15) is 0 Å². The number of ketones is 1. The maximum absolute atomic E-state index is 11.6. The number of rotatable bonds is 4. The van der Waals surface area contributed by atoms with E-state index < -0.39 is 0 Å². The molecule has 0 aliphatic heterocycles. The molecule has 1 aromatic rings. The summed E-state index contributed by atoms with van der Waals surface area (Å²) in [7, 11) is 0. The topological polar surface area (TPSA) is 34.9 Å². The van der Waals surface area contributed by atoms with Crippen molar-refractivity contribution in [3.63, 3.8) is 0 Å².